The second-order valence-electron chi connectivity index (χ2n) is 3.60. The van der Waals surface area contributed by atoms with Crippen LogP contribution in [0, 0.1) is 0 Å². The maximum Gasteiger partial charge on any atom is 0.158 e. The molecule has 0 aliphatic carbocycles. The number of hydrazine groups is 1. The largest absolute Gasteiger partial charge is 0.394 e. The van der Waals surface area contributed by atoms with Gasteiger partial charge in [0.1, 0.15) is 18.2 Å². The third-order valence-electron chi connectivity index (χ3n) is 2.14. The van der Waals surface area contributed by atoms with E-state index in [1.54, 1.807) is 6.07 Å². The highest BCUT2D eigenvalue weighted by Crippen LogP contribution is 2.10. The number of aliphatic hydroxyl groups excluding tert-OH is 1. The van der Waals surface area contributed by atoms with Crippen LogP contribution in [-0.4, -0.2) is 48.0 Å². The molecule has 0 fully saturated rings. The summed E-state index contributed by atoms with van der Waals surface area (Å²) in [4.78, 5) is 8.46. The molecule has 1 aromatic rings. The Morgan fingerprint density at radius 2 is 2.05 bits per heavy atom. The minimum absolute atomic E-state index is 0.0211. The van der Waals surface area contributed by atoms with Gasteiger partial charge in [-0.05, 0) is 6.92 Å². The van der Waals surface area contributed by atoms with Crippen LogP contribution in [0.4, 0.5) is 11.6 Å². The van der Waals surface area contributed by atoms with Crippen molar-refractivity contribution < 1.29 is 14.6 Å². The molecule has 0 amide bonds. The molecule has 1 heterocycles. The summed E-state index contributed by atoms with van der Waals surface area (Å²) in [5, 5.41) is 11.7. The van der Waals surface area contributed by atoms with Crippen molar-refractivity contribution in [3.05, 3.63) is 11.9 Å². The lowest BCUT2D eigenvalue weighted by Gasteiger charge is -2.10. The zero-order chi connectivity index (χ0) is 13.9. The molecule has 0 saturated carbocycles. The molecule has 19 heavy (non-hydrogen) atoms. The average Bonchev–Trinajstić information content (AvgIpc) is 2.44. The van der Waals surface area contributed by atoms with Crippen LogP contribution in [0.25, 0.3) is 0 Å². The van der Waals surface area contributed by atoms with Gasteiger partial charge in [-0.1, -0.05) is 0 Å². The van der Waals surface area contributed by atoms with E-state index in [-0.39, 0.29) is 6.61 Å². The first-order valence-corrected chi connectivity index (χ1v) is 6.15. The highest BCUT2D eigenvalue weighted by atomic mass is 16.5. The SMILES string of the molecule is CCOCc1nc(NN)cc(NCCOCCO)n1. The van der Waals surface area contributed by atoms with Gasteiger partial charge in [-0.2, -0.15) is 0 Å². The maximum absolute atomic E-state index is 8.57. The molecule has 0 bridgehead atoms. The molecule has 8 nitrogen and oxygen atoms in total. The van der Waals surface area contributed by atoms with Crippen LogP contribution in [-0.2, 0) is 16.1 Å². The predicted octanol–water partition coefficient (Wildman–Crippen LogP) is -0.280. The van der Waals surface area contributed by atoms with E-state index in [1.165, 1.54) is 0 Å². The van der Waals surface area contributed by atoms with Crippen molar-refractivity contribution in [2.45, 2.75) is 13.5 Å². The molecular formula is C11H21N5O3. The molecule has 0 unspecified atom stereocenters. The first-order valence-electron chi connectivity index (χ1n) is 6.15. The number of anilines is 2. The van der Waals surface area contributed by atoms with Crippen molar-refractivity contribution >= 4 is 11.6 Å². The molecule has 1 rings (SSSR count). The third-order valence-corrected chi connectivity index (χ3v) is 2.14. The van der Waals surface area contributed by atoms with Crippen LogP contribution >= 0.6 is 0 Å². The van der Waals surface area contributed by atoms with Gasteiger partial charge in [0, 0.05) is 19.2 Å². The molecule has 0 atom stereocenters. The Balaban J connectivity index is 2.50. The minimum atomic E-state index is 0.0211. The Kier molecular flexibility index (Phi) is 7.75. The number of nitrogen functional groups attached to an aromatic ring is 1. The second kappa shape index (κ2) is 9.45. The number of aliphatic hydroxyl groups is 1. The van der Waals surface area contributed by atoms with Gasteiger partial charge in [-0.3, -0.25) is 0 Å². The van der Waals surface area contributed by atoms with Crippen molar-refractivity contribution in [1.29, 1.82) is 0 Å². The maximum atomic E-state index is 8.57. The fraction of sp³-hybridized carbons (Fsp3) is 0.636. The van der Waals surface area contributed by atoms with E-state index in [0.29, 0.717) is 50.4 Å². The van der Waals surface area contributed by atoms with Crippen LogP contribution in [0.5, 0.6) is 0 Å². The van der Waals surface area contributed by atoms with E-state index >= 15 is 0 Å². The zero-order valence-corrected chi connectivity index (χ0v) is 11.1. The van der Waals surface area contributed by atoms with Gasteiger partial charge >= 0.3 is 0 Å². The molecule has 0 spiro atoms. The summed E-state index contributed by atoms with van der Waals surface area (Å²) in [6.45, 7) is 4.25. The summed E-state index contributed by atoms with van der Waals surface area (Å²) in [7, 11) is 0. The van der Waals surface area contributed by atoms with E-state index < -0.39 is 0 Å². The van der Waals surface area contributed by atoms with Crippen LogP contribution in [0.2, 0.25) is 0 Å². The van der Waals surface area contributed by atoms with Crippen molar-refractivity contribution in [2.24, 2.45) is 5.84 Å². The van der Waals surface area contributed by atoms with Gasteiger partial charge in [-0.25, -0.2) is 15.8 Å². The van der Waals surface area contributed by atoms with Crippen molar-refractivity contribution in [1.82, 2.24) is 9.97 Å². The topological polar surface area (TPSA) is 115 Å². The smallest absolute Gasteiger partial charge is 0.158 e. The lowest BCUT2D eigenvalue weighted by Crippen LogP contribution is -2.15. The van der Waals surface area contributed by atoms with E-state index in [0.717, 1.165) is 0 Å². The molecule has 0 aliphatic heterocycles. The molecule has 0 aliphatic rings. The summed E-state index contributed by atoms with van der Waals surface area (Å²) < 4.78 is 10.4. The quantitative estimate of drug-likeness (QED) is 0.261. The van der Waals surface area contributed by atoms with Gasteiger partial charge in [0.2, 0.25) is 0 Å². The van der Waals surface area contributed by atoms with Gasteiger partial charge in [-0.15, -0.1) is 0 Å². The Labute approximate surface area is 112 Å². The zero-order valence-electron chi connectivity index (χ0n) is 11.1. The number of ether oxygens (including phenoxy) is 2. The number of hydrogen-bond acceptors (Lipinski definition) is 8. The van der Waals surface area contributed by atoms with Crippen molar-refractivity contribution in [3.8, 4) is 0 Å². The predicted molar refractivity (Wildman–Crippen MR) is 71.6 cm³/mol. The summed E-state index contributed by atoms with van der Waals surface area (Å²) in [5.41, 5.74) is 2.48. The normalized spacial score (nSPS) is 10.5. The number of nitrogens with zero attached hydrogens (tertiary/aromatic N) is 2. The van der Waals surface area contributed by atoms with Gasteiger partial charge in [0.15, 0.2) is 5.82 Å². The van der Waals surface area contributed by atoms with Gasteiger partial charge in [0.05, 0.1) is 19.8 Å². The highest BCUT2D eigenvalue weighted by molar-refractivity contribution is 5.46. The molecule has 0 saturated heterocycles. The Morgan fingerprint density at radius 1 is 1.26 bits per heavy atom. The number of nitrogens with one attached hydrogen (secondary N) is 2. The molecule has 0 aromatic carbocycles. The Bertz CT molecular complexity index is 364. The highest BCUT2D eigenvalue weighted by Gasteiger charge is 2.03. The monoisotopic (exact) mass is 271 g/mol. The lowest BCUT2D eigenvalue weighted by molar-refractivity contribution is 0.0991. The number of nitrogens with two attached hydrogens (primary N) is 1. The molecule has 1 aromatic heterocycles. The Morgan fingerprint density at radius 3 is 2.74 bits per heavy atom. The molecule has 0 radical (unpaired) electrons. The summed E-state index contributed by atoms with van der Waals surface area (Å²) in [5.74, 6) is 7.06. The van der Waals surface area contributed by atoms with E-state index in [9.17, 15) is 0 Å². The van der Waals surface area contributed by atoms with Crippen LogP contribution in [0.15, 0.2) is 6.07 Å². The summed E-state index contributed by atoms with van der Waals surface area (Å²) >= 11 is 0. The third kappa shape index (κ3) is 6.30. The molecular weight excluding hydrogens is 250 g/mol. The fourth-order valence-electron chi connectivity index (χ4n) is 1.34. The summed E-state index contributed by atoms with van der Waals surface area (Å²) in [6.07, 6.45) is 0. The first kappa shape index (κ1) is 15.6. The van der Waals surface area contributed by atoms with Crippen LogP contribution < -0.4 is 16.6 Å². The summed E-state index contributed by atoms with van der Waals surface area (Å²) in [6, 6.07) is 1.70. The lowest BCUT2D eigenvalue weighted by atomic mass is 10.4. The number of hydrogen-bond donors (Lipinski definition) is 4. The minimum Gasteiger partial charge on any atom is -0.394 e. The van der Waals surface area contributed by atoms with Crippen LogP contribution in [0.1, 0.15) is 12.7 Å². The fourth-order valence-corrected chi connectivity index (χ4v) is 1.34. The van der Waals surface area contributed by atoms with Crippen LogP contribution in [0.3, 0.4) is 0 Å². The van der Waals surface area contributed by atoms with Gasteiger partial charge < -0.3 is 25.3 Å². The number of aromatic nitrogens is 2. The first-order chi connectivity index (χ1) is 9.30. The van der Waals surface area contributed by atoms with Crippen molar-refractivity contribution in [3.63, 3.8) is 0 Å². The van der Waals surface area contributed by atoms with E-state index in [1.807, 2.05) is 6.92 Å². The number of rotatable bonds is 10. The van der Waals surface area contributed by atoms with Gasteiger partial charge in [0.25, 0.3) is 0 Å². The average molecular weight is 271 g/mol. The standard InChI is InChI=1S/C11H21N5O3/c1-2-18-8-11-14-9(7-10(15-11)16-12)13-3-5-19-6-4-17/h7,17H,2-6,8,12H2,1H3,(H2,13,14,15,16). The van der Waals surface area contributed by atoms with E-state index in [4.69, 9.17) is 20.4 Å². The molecule has 5 N–H and O–H groups in total. The molecule has 108 valence electrons. The van der Waals surface area contributed by atoms with E-state index in [2.05, 4.69) is 20.7 Å². The van der Waals surface area contributed by atoms with Crippen molar-refractivity contribution in [2.75, 3.05) is 43.7 Å². The Hall–Kier alpha value is -1.48. The second-order valence-corrected chi connectivity index (χ2v) is 3.60. The molecule has 8 heteroatoms.